The Morgan fingerprint density at radius 3 is 2.69 bits per heavy atom. The predicted octanol–water partition coefficient (Wildman–Crippen LogP) is 3.67. The molecule has 4 rings (SSSR count). The summed E-state index contributed by atoms with van der Waals surface area (Å²) >= 11 is 1.59. The molecular formula is C25H33N3O3S. The monoisotopic (exact) mass is 455 g/mol. The highest BCUT2D eigenvalue weighted by Crippen LogP contribution is 2.44. The first kappa shape index (κ1) is 23.0. The number of piperidine rings is 1. The second-order valence-electron chi connectivity index (χ2n) is 8.56. The van der Waals surface area contributed by atoms with Crippen LogP contribution in [0.25, 0.3) is 0 Å². The van der Waals surface area contributed by atoms with Crippen molar-refractivity contribution in [1.82, 2.24) is 15.1 Å². The standard InChI is InChI=1S/C25H33N3O3S/c1-31-17-16-28-23(21-11-7-18-32-21)22(19-9-3-4-10-20(19)25(28)30)24(29)26-12-8-15-27-13-5-2-6-14-27/h3-4,7,9-11,18,22-23H,2,5-6,8,12-17H2,1H3,(H,26,29)/t22-,23-/m1/s1. The molecule has 6 nitrogen and oxygen atoms in total. The molecule has 172 valence electrons. The van der Waals surface area contributed by atoms with Gasteiger partial charge in [0.25, 0.3) is 5.91 Å². The van der Waals surface area contributed by atoms with Gasteiger partial charge in [0.15, 0.2) is 0 Å². The molecule has 1 fully saturated rings. The summed E-state index contributed by atoms with van der Waals surface area (Å²) in [4.78, 5) is 32.3. The van der Waals surface area contributed by atoms with Crippen molar-refractivity contribution >= 4 is 23.2 Å². The molecule has 3 heterocycles. The number of ether oxygens (including phenoxy) is 1. The van der Waals surface area contributed by atoms with E-state index in [0.717, 1.165) is 23.4 Å². The van der Waals surface area contributed by atoms with Gasteiger partial charge in [-0.05, 0) is 62.0 Å². The third-order valence-corrected chi connectivity index (χ3v) is 7.43. The Hall–Kier alpha value is -2.22. The summed E-state index contributed by atoms with van der Waals surface area (Å²) < 4.78 is 5.28. The lowest BCUT2D eigenvalue weighted by Gasteiger charge is -2.41. The van der Waals surface area contributed by atoms with Crippen molar-refractivity contribution in [2.45, 2.75) is 37.6 Å². The average molecular weight is 456 g/mol. The summed E-state index contributed by atoms with van der Waals surface area (Å²) in [5, 5.41) is 5.19. The lowest BCUT2D eigenvalue weighted by molar-refractivity contribution is -0.124. The molecule has 0 bridgehead atoms. The molecule has 2 aromatic rings. The second-order valence-corrected chi connectivity index (χ2v) is 9.54. The zero-order valence-electron chi connectivity index (χ0n) is 18.8. The number of amides is 2. The summed E-state index contributed by atoms with van der Waals surface area (Å²) in [7, 11) is 1.63. The minimum Gasteiger partial charge on any atom is -0.383 e. The smallest absolute Gasteiger partial charge is 0.254 e. The fraction of sp³-hybridized carbons (Fsp3) is 0.520. The highest BCUT2D eigenvalue weighted by molar-refractivity contribution is 7.10. The van der Waals surface area contributed by atoms with Crippen LogP contribution in [0.4, 0.5) is 0 Å². The van der Waals surface area contributed by atoms with Crippen molar-refractivity contribution in [3.63, 3.8) is 0 Å². The molecule has 1 aromatic heterocycles. The topological polar surface area (TPSA) is 61.9 Å². The van der Waals surface area contributed by atoms with Gasteiger partial charge in [-0.3, -0.25) is 9.59 Å². The number of rotatable bonds is 9. The molecule has 1 aromatic carbocycles. The number of carbonyl (C=O) groups excluding carboxylic acids is 2. The van der Waals surface area contributed by atoms with Gasteiger partial charge in [-0.25, -0.2) is 0 Å². The largest absolute Gasteiger partial charge is 0.383 e. The van der Waals surface area contributed by atoms with Crippen LogP contribution in [-0.2, 0) is 9.53 Å². The van der Waals surface area contributed by atoms with Gasteiger partial charge in [0.2, 0.25) is 5.91 Å². The predicted molar refractivity (Wildman–Crippen MR) is 127 cm³/mol. The van der Waals surface area contributed by atoms with Gasteiger partial charge in [-0.15, -0.1) is 11.3 Å². The average Bonchev–Trinajstić information content (AvgIpc) is 3.36. The maximum Gasteiger partial charge on any atom is 0.254 e. The lowest BCUT2D eigenvalue weighted by atomic mass is 9.81. The van der Waals surface area contributed by atoms with Crippen molar-refractivity contribution in [1.29, 1.82) is 0 Å². The first-order valence-corrected chi connectivity index (χ1v) is 12.5. The molecule has 1 saturated heterocycles. The molecule has 2 aliphatic heterocycles. The Labute approximate surface area is 194 Å². The Morgan fingerprint density at radius 1 is 1.12 bits per heavy atom. The van der Waals surface area contributed by atoms with E-state index in [1.54, 1.807) is 18.4 Å². The lowest BCUT2D eigenvalue weighted by Crippen LogP contribution is -2.48. The van der Waals surface area contributed by atoms with Crippen LogP contribution in [0.5, 0.6) is 0 Å². The minimum atomic E-state index is -0.436. The van der Waals surface area contributed by atoms with E-state index >= 15 is 0 Å². The number of hydrogen-bond donors (Lipinski definition) is 1. The zero-order chi connectivity index (χ0) is 22.3. The third kappa shape index (κ3) is 5.05. The fourth-order valence-electron chi connectivity index (χ4n) is 4.89. The van der Waals surface area contributed by atoms with Crippen molar-refractivity contribution in [3.05, 3.63) is 57.8 Å². The highest BCUT2D eigenvalue weighted by Gasteiger charge is 2.44. The molecule has 0 aliphatic carbocycles. The summed E-state index contributed by atoms with van der Waals surface area (Å²) in [5.41, 5.74) is 1.43. The molecule has 2 aliphatic rings. The number of likely N-dealkylation sites (tertiary alicyclic amines) is 1. The first-order chi connectivity index (χ1) is 15.7. The Morgan fingerprint density at radius 2 is 1.94 bits per heavy atom. The van der Waals surface area contributed by atoms with Crippen LogP contribution in [0.3, 0.4) is 0 Å². The van der Waals surface area contributed by atoms with Gasteiger partial charge in [-0.2, -0.15) is 0 Å². The van der Waals surface area contributed by atoms with Crippen molar-refractivity contribution in [2.24, 2.45) is 0 Å². The zero-order valence-corrected chi connectivity index (χ0v) is 19.6. The summed E-state index contributed by atoms with van der Waals surface area (Å²) in [6.45, 7) is 4.89. The summed E-state index contributed by atoms with van der Waals surface area (Å²) in [5.74, 6) is -0.482. The van der Waals surface area contributed by atoms with Crippen LogP contribution in [0, 0.1) is 0 Å². The normalized spacial score (nSPS) is 21.4. The first-order valence-electron chi connectivity index (χ1n) is 11.6. The fourth-order valence-corrected chi connectivity index (χ4v) is 5.77. The van der Waals surface area contributed by atoms with Gasteiger partial charge >= 0.3 is 0 Å². The Balaban J connectivity index is 1.54. The number of fused-ring (bicyclic) bond motifs is 1. The molecule has 0 radical (unpaired) electrons. The number of methoxy groups -OCH3 is 1. The van der Waals surface area contributed by atoms with Gasteiger partial charge < -0.3 is 19.9 Å². The van der Waals surface area contributed by atoms with Gasteiger partial charge in [0.1, 0.15) is 0 Å². The Bertz CT molecular complexity index is 896. The number of nitrogens with zero attached hydrogens (tertiary/aromatic N) is 2. The van der Waals surface area contributed by atoms with E-state index in [4.69, 9.17) is 4.74 Å². The number of carbonyl (C=O) groups is 2. The van der Waals surface area contributed by atoms with E-state index in [9.17, 15) is 9.59 Å². The molecule has 1 N–H and O–H groups in total. The quantitative estimate of drug-likeness (QED) is 0.586. The van der Waals surface area contributed by atoms with Crippen LogP contribution in [0.1, 0.15) is 58.4 Å². The SMILES string of the molecule is COCCN1C(=O)c2ccccc2[C@@H](C(=O)NCCCN2CCCCC2)[C@H]1c1cccs1. The van der Waals surface area contributed by atoms with E-state index < -0.39 is 5.92 Å². The molecule has 0 spiro atoms. The van der Waals surface area contributed by atoms with Crippen molar-refractivity contribution < 1.29 is 14.3 Å². The summed E-state index contributed by atoms with van der Waals surface area (Å²) in [6, 6.07) is 11.2. The molecule has 32 heavy (non-hydrogen) atoms. The van der Waals surface area contributed by atoms with E-state index in [1.807, 2.05) is 46.7 Å². The van der Waals surface area contributed by atoms with Gasteiger partial charge in [0, 0.05) is 30.6 Å². The Kier molecular flexibility index (Phi) is 7.95. The van der Waals surface area contributed by atoms with E-state index in [2.05, 4.69) is 10.2 Å². The van der Waals surface area contributed by atoms with Crippen LogP contribution < -0.4 is 5.32 Å². The molecule has 0 unspecified atom stereocenters. The number of thiophene rings is 1. The molecule has 7 heteroatoms. The maximum atomic E-state index is 13.6. The van der Waals surface area contributed by atoms with Crippen LogP contribution in [0.2, 0.25) is 0 Å². The van der Waals surface area contributed by atoms with E-state index in [-0.39, 0.29) is 17.9 Å². The number of nitrogens with one attached hydrogen (secondary N) is 1. The molecular weight excluding hydrogens is 422 g/mol. The molecule has 0 saturated carbocycles. The van der Waals surface area contributed by atoms with Crippen LogP contribution in [-0.4, -0.2) is 68.1 Å². The van der Waals surface area contributed by atoms with Crippen LogP contribution >= 0.6 is 11.3 Å². The number of hydrogen-bond acceptors (Lipinski definition) is 5. The van der Waals surface area contributed by atoms with Crippen molar-refractivity contribution in [2.75, 3.05) is 46.4 Å². The highest BCUT2D eigenvalue weighted by atomic mass is 32.1. The number of benzene rings is 1. The minimum absolute atomic E-state index is 0.00980. The van der Waals surface area contributed by atoms with E-state index in [0.29, 0.717) is 25.3 Å². The van der Waals surface area contributed by atoms with Crippen LogP contribution in [0.15, 0.2) is 41.8 Å². The summed E-state index contributed by atoms with van der Waals surface area (Å²) in [6.07, 6.45) is 4.82. The van der Waals surface area contributed by atoms with Gasteiger partial charge in [-0.1, -0.05) is 30.7 Å². The molecule has 2 atom stereocenters. The molecule has 2 amide bonds. The van der Waals surface area contributed by atoms with Crippen molar-refractivity contribution in [3.8, 4) is 0 Å². The second kappa shape index (κ2) is 11.1. The maximum absolute atomic E-state index is 13.6. The van der Waals surface area contributed by atoms with E-state index in [1.165, 1.54) is 32.4 Å². The third-order valence-electron chi connectivity index (χ3n) is 6.49. The van der Waals surface area contributed by atoms with Gasteiger partial charge in [0.05, 0.1) is 18.6 Å².